The van der Waals surface area contributed by atoms with Crippen LogP contribution in [0.15, 0.2) is 53.8 Å². The van der Waals surface area contributed by atoms with Gasteiger partial charge >= 0.3 is 0 Å². The van der Waals surface area contributed by atoms with E-state index in [1.54, 1.807) is 42.5 Å². The number of nitrogens with one attached hydrogen (secondary N) is 1. The summed E-state index contributed by atoms with van der Waals surface area (Å²) in [7, 11) is 1.54. The molecule has 7 nitrogen and oxygen atoms in total. The fourth-order valence-corrected chi connectivity index (χ4v) is 2.89. The number of rotatable bonds is 6. The number of benzene rings is 2. The van der Waals surface area contributed by atoms with Gasteiger partial charge in [0.25, 0.3) is 11.8 Å². The third kappa shape index (κ3) is 5.61. The smallest absolute Gasteiger partial charge is 0.271 e. The van der Waals surface area contributed by atoms with E-state index in [1.165, 1.54) is 13.3 Å². The van der Waals surface area contributed by atoms with Crippen molar-refractivity contribution in [3.63, 3.8) is 0 Å². The number of hydrazone groups is 1. The van der Waals surface area contributed by atoms with Crippen molar-refractivity contribution in [1.82, 2.24) is 15.4 Å². The lowest BCUT2D eigenvalue weighted by atomic mass is 10.2. The molecule has 0 bridgehead atoms. The van der Waals surface area contributed by atoms with Gasteiger partial charge in [-0.15, -0.1) is 0 Å². The molecule has 0 aliphatic heterocycles. The van der Waals surface area contributed by atoms with Crippen LogP contribution in [0.4, 0.5) is 4.39 Å². The Morgan fingerprint density at radius 1 is 1.31 bits per heavy atom. The number of ether oxygens (including phenoxy) is 2. The molecular weight excluding hydrogens is 514 g/mol. The Balaban J connectivity index is 1.67. The summed E-state index contributed by atoms with van der Waals surface area (Å²) in [6, 6.07) is 11.7. The van der Waals surface area contributed by atoms with Gasteiger partial charge in [-0.25, -0.2) is 10.4 Å². The van der Waals surface area contributed by atoms with Gasteiger partial charge in [-0.05, 0) is 70.1 Å². The zero-order valence-electron chi connectivity index (χ0n) is 14.9. The van der Waals surface area contributed by atoms with Crippen LogP contribution >= 0.6 is 34.2 Å². The number of hydrogen-bond acceptors (Lipinski definition) is 6. The standard InChI is InChI=1S/C19H13ClFIN4O3/c1-28-16-8-12(5-6-15(16)22)17(27)26-24-9-11-3-2-4-13(7-11)29-18-14(21)10-23-19(20)25-18/h2-10H,1H3,(H,26,27)/b24-9-. The second-order valence-electron chi connectivity index (χ2n) is 5.52. The summed E-state index contributed by atoms with van der Waals surface area (Å²) in [5.41, 5.74) is 3.46. The van der Waals surface area contributed by atoms with E-state index < -0.39 is 5.82 Å². The van der Waals surface area contributed by atoms with Crippen molar-refractivity contribution in [3.8, 4) is 17.4 Å². The predicted octanol–water partition coefficient (Wildman–Crippen LogP) is 4.44. The first kappa shape index (κ1) is 20.9. The van der Waals surface area contributed by atoms with Crippen molar-refractivity contribution >= 4 is 46.3 Å². The zero-order chi connectivity index (χ0) is 20.8. The molecule has 1 heterocycles. The Labute approximate surface area is 184 Å². The average Bonchev–Trinajstić information content (AvgIpc) is 2.71. The first-order valence-electron chi connectivity index (χ1n) is 8.09. The molecule has 0 saturated heterocycles. The monoisotopic (exact) mass is 526 g/mol. The van der Waals surface area contributed by atoms with E-state index in [4.69, 9.17) is 21.1 Å². The molecule has 0 radical (unpaired) electrons. The number of amides is 1. The topological polar surface area (TPSA) is 85.7 Å². The van der Waals surface area contributed by atoms with E-state index >= 15 is 0 Å². The molecule has 10 heteroatoms. The van der Waals surface area contributed by atoms with Gasteiger partial charge in [-0.1, -0.05) is 12.1 Å². The quantitative estimate of drug-likeness (QED) is 0.222. The number of methoxy groups -OCH3 is 1. The van der Waals surface area contributed by atoms with Gasteiger partial charge < -0.3 is 9.47 Å². The van der Waals surface area contributed by atoms with Crippen LogP contribution < -0.4 is 14.9 Å². The Hall–Kier alpha value is -2.79. The number of carbonyl (C=O) groups is 1. The first-order valence-corrected chi connectivity index (χ1v) is 9.55. The second-order valence-corrected chi connectivity index (χ2v) is 7.02. The van der Waals surface area contributed by atoms with Crippen molar-refractivity contribution in [2.75, 3.05) is 7.11 Å². The summed E-state index contributed by atoms with van der Waals surface area (Å²) >= 11 is 7.77. The van der Waals surface area contributed by atoms with Crippen molar-refractivity contribution in [1.29, 1.82) is 0 Å². The number of carbonyl (C=O) groups excluding carboxylic acids is 1. The van der Waals surface area contributed by atoms with Gasteiger partial charge in [0.1, 0.15) is 11.5 Å². The molecular formula is C19H13ClFIN4O3. The molecule has 148 valence electrons. The molecule has 0 fully saturated rings. The molecule has 2 aromatic carbocycles. The molecule has 3 rings (SSSR count). The highest BCUT2D eigenvalue weighted by molar-refractivity contribution is 14.1. The van der Waals surface area contributed by atoms with Crippen LogP contribution in [0.5, 0.6) is 17.4 Å². The van der Waals surface area contributed by atoms with Crippen LogP contribution in [0.25, 0.3) is 0 Å². The van der Waals surface area contributed by atoms with E-state index in [1.807, 2.05) is 0 Å². The molecule has 0 aliphatic carbocycles. The van der Waals surface area contributed by atoms with E-state index in [2.05, 4.69) is 43.1 Å². The van der Waals surface area contributed by atoms with Gasteiger partial charge in [-0.3, -0.25) is 4.79 Å². The molecule has 29 heavy (non-hydrogen) atoms. The summed E-state index contributed by atoms with van der Waals surface area (Å²) in [6.45, 7) is 0. The van der Waals surface area contributed by atoms with E-state index in [-0.39, 0.29) is 17.1 Å². The van der Waals surface area contributed by atoms with E-state index in [0.717, 1.165) is 9.77 Å². The fourth-order valence-electron chi connectivity index (χ4n) is 2.20. The Kier molecular flexibility index (Phi) is 6.94. The van der Waals surface area contributed by atoms with E-state index in [9.17, 15) is 9.18 Å². The average molecular weight is 527 g/mol. The van der Waals surface area contributed by atoms with Gasteiger partial charge in [0.2, 0.25) is 11.1 Å². The normalized spacial score (nSPS) is 10.8. The van der Waals surface area contributed by atoms with Crippen LogP contribution in [0.3, 0.4) is 0 Å². The summed E-state index contributed by atoms with van der Waals surface area (Å²) in [5, 5.41) is 3.80. The van der Waals surface area contributed by atoms with Gasteiger partial charge in [0.15, 0.2) is 0 Å². The van der Waals surface area contributed by atoms with Gasteiger partial charge in [-0.2, -0.15) is 14.5 Å². The van der Waals surface area contributed by atoms with Crippen LogP contribution in [0.2, 0.25) is 5.28 Å². The molecule has 0 atom stereocenters. The molecule has 0 saturated carbocycles. The highest BCUT2D eigenvalue weighted by Gasteiger charge is 2.10. The molecule has 1 N–H and O–H groups in total. The van der Waals surface area contributed by atoms with Crippen molar-refractivity contribution in [3.05, 3.63) is 74.5 Å². The third-order valence-electron chi connectivity index (χ3n) is 3.55. The molecule has 1 amide bonds. The van der Waals surface area contributed by atoms with Crippen molar-refractivity contribution in [2.24, 2.45) is 5.10 Å². The highest BCUT2D eigenvalue weighted by Crippen LogP contribution is 2.24. The number of hydrogen-bond donors (Lipinski definition) is 1. The molecule has 1 aromatic heterocycles. The minimum atomic E-state index is -0.742. The first-order chi connectivity index (χ1) is 14.0. The Morgan fingerprint density at radius 3 is 2.93 bits per heavy atom. The van der Waals surface area contributed by atoms with E-state index in [0.29, 0.717) is 22.6 Å². The summed E-state index contributed by atoms with van der Waals surface area (Å²) in [5.74, 6) is -0.504. The van der Waals surface area contributed by atoms with Crippen LogP contribution in [-0.4, -0.2) is 29.2 Å². The fraction of sp³-hybridized carbons (Fsp3) is 0.0526. The maximum Gasteiger partial charge on any atom is 0.271 e. The zero-order valence-corrected chi connectivity index (χ0v) is 17.8. The highest BCUT2D eigenvalue weighted by atomic mass is 127. The van der Waals surface area contributed by atoms with Crippen molar-refractivity contribution < 1.29 is 18.7 Å². The Bertz CT molecular complexity index is 1080. The molecule has 3 aromatic rings. The van der Waals surface area contributed by atoms with Crippen LogP contribution in [-0.2, 0) is 0 Å². The molecule has 0 aliphatic rings. The number of aromatic nitrogens is 2. The summed E-state index contributed by atoms with van der Waals surface area (Å²) in [6.07, 6.45) is 2.35. The molecule has 0 spiro atoms. The molecule has 0 unspecified atom stereocenters. The van der Waals surface area contributed by atoms with Crippen LogP contribution in [0.1, 0.15) is 15.9 Å². The summed E-state index contributed by atoms with van der Waals surface area (Å²) in [4.78, 5) is 19.4. The minimum absolute atomic E-state index is 0.131. The van der Waals surface area contributed by atoms with Crippen LogP contribution in [0, 0.1) is 9.39 Å². The lowest BCUT2D eigenvalue weighted by molar-refractivity contribution is 0.0954. The Morgan fingerprint density at radius 2 is 2.14 bits per heavy atom. The maximum atomic E-state index is 13.7. The van der Waals surface area contributed by atoms with Crippen molar-refractivity contribution in [2.45, 2.75) is 0 Å². The lowest BCUT2D eigenvalue weighted by Crippen LogP contribution is -2.17. The third-order valence-corrected chi connectivity index (χ3v) is 4.62. The van der Waals surface area contributed by atoms with Gasteiger partial charge in [0.05, 0.1) is 23.1 Å². The maximum absolute atomic E-state index is 13.7. The SMILES string of the molecule is COc1cc(C(=O)N/N=C\c2cccc(Oc3nc(Cl)ncc3F)c2)ccc1I. The number of halogens is 3. The predicted molar refractivity (Wildman–Crippen MR) is 114 cm³/mol. The lowest BCUT2D eigenvalue weighted by Gasteiger charge is -2.06. The largest absolute Gasteiger partial charge is 0.496 e. The minimum Gasteiger partial charge on any atom is -0.496 e. The van der Waals surface area contributed by atoms with Gasteiger partial charge in [0, 0.05) is 5.56 Å². The summed E-state index contributed by atoms with van der Waals surface area (Å²) < 4.78 is 25.2. The number of nitrogens with zero attached hydrogens (tertiary/aromatic N) is 3. The second kappa shape index (κ2) is 9.61.